The lowest BCUT2D eigenvalue weighted by Gasteiger charge is -2.20. The van der Waals surface area contributed by atoms with Crippen LogP contribution in [0, 0.1) is 6.92 Å². The molecule has 3 aromatic rings. The highest BCUT2D eigenvalue weighted by Crippen LogP contribution is 2.28. The van der Waals surface area contributed by atoms with Gasteiger partial charge in [-0.15, -0.1) is 10.2 Å². The summed E-state index contributed by atoms with van der Waals surface area (Å²) in [6, 6.07) is 12.4. The monoisotopic (exact) mass is 438 g/mol. The Morgan fingerprint density at radius 3 is 2.55 bits per heavy atom. The van der Waals surface area contributed by atoms with E-state index in [1.165, 1.54) is 43.9 Å². The van der Waals surface area contributed by atoms with Crippen LogP contribution >= 0.6 is 11.8 Å². The second-order valence-electron chi connectivity index (χ2n) is 8.17. The average Bonchev–Trinajstić information content (AvgIpc) is 3.35. The van der Waals surface area contributed by atoms with Gasteiger partial charge in [0.15, 0.2) is 11.0 Å². The van der Waals surface area contributed by atoms with Gasteiger partial charge in [0.2, 0.25) is 5.91 Å². The minimum atomic E-state index is 0.0749. The lowest BCUT2D eigenvalue weighted by molar-refractivity contribution is -0.119. The Kier molecular flexibility index (Phi) is 7.46. The molecule has 0 atom stereocenters. The van der Waals surface area contributed by atoms with Crippen molar-refractivity contribution in [1.82, 2.24) is 20.1 Å². The van der Waals surface area contributed by atoms with Crippen LogP contribution in [0.1, 0.15) is 56.3 Å². The maximum absolute atomic E-state index is 12.6. The second-order valence-corrected chi connectivity index (χ2v) is 9.11. The van der Waals surface area contributed by atoms with E-state index in [0.717, 1.165) is 40.7 Å². The maximum atomic E-state index is 12.6. The largest absolute Gasteiger partial charge is 0.469 e. The third kappa shape index (κ3) is 5.79. The molecule has 2 heterocycles. The van der Waals surface area contributed by atoms with E-state index in [-0.39, 0.29) is 5.91 Å². The number of nitrogens with zero attached hydrogens (tertiary/aromatic N) is 3. The number of benzene rings is 1. The van der Waals surface area contributed by atoms with Crippen molar-refractivity contribution < 1.29 is 9.21 Å². The number of nitrogens with one attached hydrogen (secondary N) is 1. The van der Waals surface area contributed by atoms with Crippen LogP contribution in [0.3, 0.4) is 0 Å². The smallest absolute Gasteiger partial charge is 0.230 e. The van der Waals surface area contributed by atoms with Crippen LogP contribution in [0.2, 0.25) is 0 Å². The molecule has 1 amide bonds. The predicted octanol–water partition coefficient (Wildman–Crippen LogP) is 5.22. The number of furan rings is 1. The summed E-state index contributed by atoms with van der Waals surface area (Å²) < 4.78 is 7.55. The molecule has 6 nitrogen and oxygen atoms in total. The highest BCUT2D eigenvalue weighted by atomic mass is 32.2. The Balaban J connectivity index is 1.46. The van der Waals surface area contributed by atoms with Crippen molar-refractivity contribution in [2.75, 3.05) is 5.75 Å². The van der Waals surface area contributed by atoms with Crippen molar-refractivity contribution in [2.24, 2.45) is 0 Å². The first kappa shape index (κ1) is 21.7. The third-order valence-electron chi connectivity index (χ3n) is 5.80. The van der Waals surface area contributed by atoms with Gasteiger partial charge in [-0.25, -0.2) is 0 Å². The number of aryl methyl sites for hydroxylation is 1. The van der Waals surface area contributed by atoms with E-state index in [2.05, 4.69) is 32.2 Å². The summed E-state index contributed by atoms with van der Waals surface area (Å²) in [5.41, 5.74) is 2.08. The van der Waals surface area contributed by atoms with Gasteiger partial charge < -0.3 is 9.73 Å². The molecular formula is C24H30N4O2S. The number of aromatic nitrogens is 3. The molecule has 0 unspecified atom stereocenters. The van der Waals surface area contributed by atoms with Gasteiger partial charge in [-0.3, -0.25) is 9.36 Å². The molecule has 0 radical (unpaired) electrons. The van der Waals surface area contributed by atoms with E-state index in [1.54, 1.807) is 6.26 Å². The van der Waals surface area contributed by atoms with Crippen molar-refractivity contribution in [3.63, 3.8) is 0 Å². The molecule has 2 aromatic heterocycles. The Hall–Kier alpha value is -2.54. The second kappa shape index (κ2) is 10.7. The van der Waals surface area contributed by atoms with Crippen LogP contribution in [0.25, 0.3) is 11.4 Å². The molecule has 31 heavy (non-hydrogen) atoms. The van der Waals surface area contributed by atoms with Crippen LogP contribution in [0.15, 0.2) is 52.2 Å². The van der Waals surface area contributed by atoms with Crippen LogP contribution in [0.5, 0.6) is 0 Å². The van der Waals surface area contributed by atoms with E-state index >= 15 is 0 Å². The first-order chi connectivity index (χ1) is 15.2. The van der Waals surface area contributed by atoms with Gasteiger partial charge in [0.1, 0.15) is 5.76 Å². The van der Waals surface area contributed by atoms with Crippen molar-refractivity contribution in [1.29, 1.82) is 0 Å². The summed E-state index contributed by atoms with van der Waals surface area (Å²) in [6.07, 6.45) is 10.1. The van der Waals surface area contributed by atoms with Gasteiger partial charge in [0.05, 0.1) is 24.1 Å². The molecular weight excluding hydrogens is 408 g/mol. The third-order valence-corrected chi connectivity index (χ3v) is 6.77. The van der Waals surface area contributed by atoms with Crippen LogP contribution in [-0.2, 0) is 11.3 Å². The van der Waals surface area contributed by atoms with E-state index in [1.807, 2.05) is 31.2 Å². The van der Waals surface area contributed by atoms with Gasteiger partial charge in [-0.05, 0) is 31.4 Å². The highest BCUT2D eigenvalue weighted by Gasteiger charge is 2.20. The molecule has 1 N–H and O–H groups in total. The Morgan fingerprint density at radius 2 is 1.84 bits per heavy atom. The number of hydrogen-bond donors (Lipinski definition) is 1. The molecule has 1 aliphatic carbocycles. The number of amides is 1. The first-order valence-electron chi connectivity index (χ1n) is 11.1. The summed E-state index contributed by atoms with van der Waals surface area (Å²) >= 11 is 1.44. The van der Waals surface area contributed by atoms with Crippen molar-refractivity contribution in [3.05, 3.63) is 54.0 Å². The van der Waals surface area contributed by atoms with E-state index in [4.69, 9.17) is 4.42 Å². The Morgan fingerprint density at radius 1 is 1.10 bits per heavy atom. The van der Waals surface area contributed by atoms with Crippen molar-refractivity contribution in [2.45, 2.75) is 69.6 Å². The quantitative estimate of drug-likeness (QED) is 0.512. The van der Waals surface area contributed by atoms with Crippen LogP contribution in [0.4, 0.5) is 0 Å². The molecule has 0 saturated heterocycles. The van der Waals surface area contributed by atoms with E-state index < -0.39 is 0 Å². The maximum Gasteiger partial charge on any atom is 0.230 e. The van der Waals surface area contributed by atoms with Crippen LogP contribution < -0.4 is 5.32 Å². The normalized spacial score (nSPS) is 15.4. The van der Waals surface area contributed by atoms with Gasteiger partial charge in [-0.2, -0.15) is 0 Å². The summed E-state index contributed by atoms with van der Waals surface area (Å²) in [5, 5.41) is 12.8. The Labute approximate surface area is 187 Å². The minimum absolute atomic E-state index is 0.0749. The molecule has 1 fully saturated rings. The lowest BCUT2D eigenvalue weighted by Crippen LogP contribution is -2.36. The molecule has 4 rings (SSSR count). The van der Waals surface area contributed by atoms with Crippen molar-refractivity contribution >= 4 is 17.7 Å². The number of hydrogen-bond acceptors (Lipinski definition) is 5. The SMILES string of the molecule is Cc1occc1-c1nnc(SCC(=O)NC2CCCCCCC2)n1Cc1ccccc1. The van der Waals surface area contributed by atoms with Gasteiger partial charge in [-0.1, -0.05) is 74.2 Å². The molecule has 0 aliphatic heterocycles. The van der Waals surface area contributed by atoms with Crippen LogP contribution in [-0.4, -0.2) is 32.5 Å². The van der Waals surface area contributed by atoms with Gasteiger partial charge >= 0.3 is 0 Å². The zero-order chi connectivity index (χ0) is 21.5. The molecule has 0 spiro atoms. The zero-order valence-electron chi connectivity index (χ0n) is 18.0. The molecule has 164 valence electrons. The molecule has 1 aromatic carbocycles. The molecule has 1 saturated carbocycles. The van der Waals surface area contributed by atoms with E-state index in [9.17, 15) is 4.79 Å². The fraction of sp³-hybridized carbons (Fsp3) is 0.458. The highest BCUT2D eigenvalue weighted by molar-refractivity contribution is 7.99. The average molecular weight is 439 g/mol. The number of carbonyl (C=O) groups is 1. The minimum Gasteiger partial charge on any atom is -0.469 e. The number of thioether (sulfide) groups is 1. The number of carbonyl (C=O) groups excluding carboxylic acids is 1. The predicted molar refractivity (Wildman–Crippen MR) is 123 cm³/mol. The number of rotatable bonds is 7. The molecule has 0 bridgehead atoms. The van der Waals surface area contributed by atoms with Gasteiger partial charge in [0, 0.05) is 6.04 Å². The summed E-state index contributed by atoms with van der Waals surface area (Å²) in [7, 11) is 0. The zero-order valence-corrected chi connectivity index (χ0v) is 18.9. The van der Waals surface area contributed by atoms with Crippen molar-refractivity contribution in [3.8, 4) is 11.4 Å². The first-order valence-corrected chi connectivity index (χ1v) is 12.1. The lowest BCUT2D eigenvalue weighted by atomic mass is 9.97. The van der Waals surface area contributed by atoms with Gasteiger partial charge in [0.25, 0.3) is 0 Å². The molecule has 7 heteroatoms. The standard InChI is InChI=1S/C24H30N4O2S/c1-18-21(14-15-30-18)23-26-27-24(28(23)16-19-10-6-5-7-11-19)31-17-22(29)25-20-12-8-3-2-4-9-13-20/h5-7,10-11,14-15,20H,2-4,8-9,12-13,16-17H2,1H3,(H,25,29). The van der Waals surface area contributed by atoms with E-state index in [0.29, 0.717) is 18.3 Å². The summed E-state index contributed by atoms with van der Waals surface area (Å²) in [6.45, 7) is 2.56. The fourth-order valence-corrected chi connectivity index (χ4v) is 4.87. The fourth-order valence-electron chi connectivity index (χ4n) is 4.12. The topological polar surface area (TPSA) is 72.9 Å². The Bertz CT molecular complexity index is 975. The summed E-state index contributed by atoms with van der Waals surface area (Å²) in [5.74, 6) is 1.98. The summed E-state index contributed by atoms with van der Waals surface area (Å²) in [4.78, 5) is 12.6. The molecule has 1 aliphatic rings.